The Hall–Kier alpha value is -4.57. The number of amides is 2. The van der Waals surface area contributed by atoms with E-state index in [9.17, 15) is 14.4 Å². The minimum atomic E-state index is -0.772. The van der Waals surface area contributed by atoms with Gasteiger partial charge in [0.25, 0.3) is 0 Å². The molecule has 2 aromatic heterocycles. The van der Waals surface area contributed by atoms with Crippen LogP contribution in [-0.4, -0.2) is 44.6 Å². The summed E-state index contributed by atoms with van der Waals surface area (Å²) in [6.07, 6.45) is 7.32. The fourth-order valence-electron chi connectivity index (χ4n) is 5.41. The summed E-state index contributed by atoms with van der Waals surface area (Å²) >= 11 is 0. The number of rotatable bonds is 9. The fraction of sp³-hybridized carbons (Fsp3) is 0.323. The van der Waals surface area contributed by atoms with E-state index in [2.05, 4.69) is 36.9 Å². The summed E-state index contributed by atoms with van der Waals surface area (Å²) in [7, 11) is 0. The van der Waals surface area contributed by atoms with Gasteiger partial charge >= 0.3 is 5.69 Å². The second kappa shape index (κ2) is 12.7. The third kappa shape index (κ3) is 6.96. The molecule has 2 aromatic carbocycles. The molecule has 2 heterocycles. The summed E-state index contributed by atoms with van der Waals surface area (Å²) in [4.78, 5) is 45.1. The summed E-state index contributed by atoms with van der Waals surface area (Å²) in [5.74, 6) is 0.334. The Morgan fingerprint density at radius 3 is 2.51 bits per heavy atom. The number of carbonyl (C=O) groups excluding carboxylic acids is 2. The quantitative estimate of drug-likeness (QED) is 0.213. The van der Waals surface area contributed by atoms with Crippen LogP contribution in [0.25, 0.3) is 22.5 Å². The van der Waals surface area contributed by atoms with Crippen LogP contribution >= 0.6 is 0 Å². The van der Waals surface area contributed by atoms with Crippen LogP contribution in [0.5, 0.6) is 0 Å². The number of nitrogens with two attached hydrogens (primary N) is 1. The van der Waals surface area contributed by atoms with Gasteiger partial charge in [-0.3, -0.25) is 19.6 Å². The molecule has 5 rings (SSSR count). The Kier molecular flexibility index (Phi) is 8.69. The number of hydrogen-bond donors (Lipinski definition) is 5. The van der Waals surface area contributed by atoms with E-state index < -0.39 is 11.7 Å². The largest absolute Gasteiger partial charge is 0.344 e. The van der Waals surface area contributed by atoms with Crippen molar-refractivity contribution >= 4 is 17.5 Å². The summed E-state index contributed by atoms with van der Waals surface area (Å²) in [5.41, 5.74) is 10.8. The van der Waals surface area contributed by atoms with Crippen LogP contribution in [0.3, 0.4) is 0 Å². The number of nitrogens with one attached hydrogen (secondary N) is 4. The van der Waals surface area contributed by atoms with Crippen molar-refractivity contribution in [2.24, 2.45) is 17.6 Å². The van der Waals surface area contributed by atoms with Crippen LogP contribution in [0.1, 0.15) is 36.8 Å². The zero-order valence-electron chi connectivity index (χ0n) is 23.0. The third-order valence-electron chi connectivity index (χ3n) is 7.81. The van der Waals surface area contributed by atoms with Crippen LogP contribution in [-0.2, 0) is 16.0 Å². The van der Waals surface area contributed by atoms with Crippen LogP contribution in [0, 0.1) is 18.8 Å². The zero-order valence-corrected chi connectivity index (χ0v) is 23.0. The van der Waals surface area contributed by atoms with Crippen molar-refractivity contribution in [1.29, 1.82) is 0 Å². The maximum Gasteiger partial charge on any atom is 0.340 e. The van der Waals surface area contributed by atoms with Crippen LogP contribution in [0.2, 0.25) is 0 Å². The summed E-state index contributed by atoms with van der Waals surface area (Å²) in [6.45, 7) is 2.65. The molecule has 10 heteroatoms. The number of benzene rings is 2. The van der Waals surface area contributed by atoms with Crippen molar-refractivity contribution in [2.45, 2.75) is 45.1 Å². The molecule has 41 heavy (non-hydrogen) atoms. The zero-order chi connectivity index (χ0) is 28.8. The van der Waals surface area contributed by atoms with Gasteiger partial charge in [0.2, 0.25) is 11.8 Å². The molecule has 2 amide bonds. The average Bonchev–Trinajstić information content (AvgIpc) is 3.43. The van der Waals surface area contributed by atoms with E-state index in [1.807, 2.05) is 37.4 Å². The van der Waals surface area contributed by atoms with Gasteiger partial charge in [-0.15, -0.1) is 0 Å². The van der Waals surface area contributed by atoms with Gasteiger partial charge in [0, 0.05) is 36.0 Å². The highest BCUT2D eigenvalue weighted by atomic mass is 16.2. The van der Waals surface area contributed by atoms with Gasteiger partial charge in [-0.05, 0) is 97.7 Å². The van der Waals surface area contributed by atoms with Gasteiger partial charge in [-0.1, -0.05) is 24.3 Å². The molecular weight excluding hydrogens is 518 g/mol. The molecule has 0 saturated heterocycles. The van der Waals surface area contributed by atoms with Gasteiger partial charge in [-0.2, -0.15) is 5.10 Å². The lowest BCUT2D eigenvalue weighted by molar-refractivity contribution is -0.130. The van der Waals surface area contributed by atoms with E-state index >= 15 is 0 Å². The number of aromatic amines is 2. The molecule has 10 nitrogen and oxygen atoms in total. The first-order valence-electron chi connectivity index (χ1n) is 14.0. The first-order valence-corrected chi connectivity index (χ1v) is 14.0. The molecule has 4 aromatic rings. The number of aryl methyl sites for hydroxylation is 1. The van der Waals surface area contributed by atoms with Gasteiger partial charge in [0.1, 0.15) is 6.04 Å². The monoisotopic (exact) mass is 553 g/mol. The number of carbonyl (C=O) groups is 2. The van der Waals surface area contributed by atoms with Gasteiger partial charge in [0.05, 0.1) is 0 Å². The first kappa shape index (κ1) is 28.0. The second-order valence-corrected chi connectivity index (χ2v) is 10.7. The fourth-order valence-corrected chi connectivity index (χ4v) is 5.41. The normalized spacial score (nSPS) is 17.5. The second-order valence-electron chi connectivity index (χ2n) is 10.7. The molecule has 1 aliphatic rings. The van der Waals surface area contributed by atoms with Gasteiger partial charge in [-0.25, -0.2) is 9.89 Å². The average molecular weight is 554 g/mol. The molecule has 0 radical (unpaired) electrons. The molecule has 1 unspecified atom stereocenters. The molecule has 1 saturated carbocycles. The van der Waals surface area contributed by atoms with Crippen molar-refractivity contribution in [3.8, 4) is 22.5 Å². The van der Waals surface area contributed by atoms with Crippen molar-refractivity contribution in [1.82, 2.24) is 25.5 Å². The standard InChI is InChI=1S/C31H35N7O3/c1-19-18-33-14-13-26(19)24-4-2-3-21(15-24)16-27(35-29(39)23-7-5-20(17-32)6-8-23)30(40)34-25-11-9-22(10-12-25)28-36-31(41)38-37-28/h2-4,9-15,18,20,23,27H,5-8,16-17,32H2,1H3,(H,34,40)(H,35,39)(H2,36,37,38,41). The molecule has 0 spiro atoms. The maximum atomic E-state index is 13.6. The summed E-state index contributed by atoms with van der Waals surface area (Å²) in [5, 5.41) is 12.3. The molecular formula is C31H35N7O3. The highest BCUT2D eigenvalue weighted by molar-refractivity contribution is 5.97. The lowest BCUT2D eigenvalue weighted by atomic mass is 9.81. The molecule has 1 atom stereocenters. The van der Waals surface area contributed by atoms with Crippen LogP contribution in [0.15, 0.2) is 71.8 Å². The molecule has 0 aliphatic heterocycles. The van der Waals surface area contributed by atoms with E-state index in [0.29, 0.717) is 36.0 Å². The van der Waals surface area contributed by atoms with Crippen molar-refractivity contribution in [3.05, 3.63) is 88.6 Å². The van der Waals surface area contributed by atoms with Crippen molar-refractivity contribution < 1.29 is 9.59 Å². The third-order valence-corrected chi connectivity index (χ3v) is 7.81. The Morgan fingerprint density at radius 2 is 1.83 bits per heavy atom. The number of aromatic nitrogens is 4. The highest BCUT2D eigenvalue weighted by Crippen LogP contribution is 2.29. The van der Waals surface area contributed by atoms with Crippen LogP contribution < -0.4 is 22.1 Å². The Bertz CT molecular complexity index is 1550. The number of H-pyrrole nitrogens is 2. The molecule has 212 valence electrons. The Labute approximate surface area is 238 Å². The SMILES string of the molecule is Cc1cnccc1-c1cccc(CC(NC(=O)C2CCC(CN)CC2)C(=O)Nc2ccc(-c3n[nH]c(=O)[nH]3)cc2)c1. The van der Waals surface area contributed by atoms with Crippen molar-refractivity contribution in [3.63, 3.8) is 0 Å². The predicted molar refractivity (Wildman–Crippen MR) is 158 cm³/mol. The summed E-state index contributed by atoms with van der Waals surface area (Å²) in [6, 6.07) is 16.2. The number of pyridine rings is 1. The Balaban J connectivity index is 1.34. The lowest BCUT2D eigenvalue weighted by Crippen LogP contribution is -2.48. The van der Waals surface area contributed by atoms with E-state index in [-0.39, 0.29) is 17.7 Å². The van der Waals surface area contributed by atoms with Gasteiger partial charge < -0.3 is 16.4 Å². The number of hydrogen-bond acceptors (Lipinski definition) is 6. The molecule has 6 N–H and O–H groups in total. The minimum absolute atomic E-state index is 0.0976. The summed E-state index contributed by atoms with van der Waals surface area (Å²) < 4.78 is 0. The van der Waals surface area contributed by atoms with Crippen molar-refractivity contribution in [2.75, 3.05) is 11.9 Å². The lowest BCUT2D eigenvalue weighted by Gasteiger charge is -2.28. The predicted octanol–water partition coefficient (Wildman–Crippen LogP) is 3.57. The maximum absolute atomic E-state index is 13.6. The smallest absolute Gasteiger partial charge is 0.340 e. The number of nitrogens with zero attached hydrogens (tertiary/aromatic N) is 2. The van der Waals surface area contributed by atoms with E-state index in [1.165, 1.54) is 0 Å². The van der Waals surface area contributed by atoms with Gasteiger partial charge in [0.15, 0.2) is 5.82 Å². The molecule has 0 bridgehead atoms. The Morgan fingerprint density at radius 1 is 1.05 bits per heavy atom. The van der Waals surface area contributed by atoms with Crippen LogP contribution in [0.4, 0.5) is 5.69 Å². The number of anilines is 1. The van der Waals surface area contributed by atoms with E-state index in [4.69, 9.17) is 5.73 Å². The molecule has 1 aliphatic carbocycles. The van der Waals surface area contributed by atoms with E-state index in [1.54, 1.807) is 30.5 Å². The van der Waals surface area contributed by atoms with E-state index in [0.717, 1.165) is 47.9 Å². The highest BCUT2D eigenvalue weighted by Gasteiger charge is 2.29. The topological polar surface area (TPSA) is 159 Å². The first-order chi connectivity index (χ1) is 19.9. The molecule has 1 fully saturated rings. The minimum Gasteiger partial charge on any atom is -0.344 e.